The Morgan fingerprint density at radius 3 is 2.03 bits per heavy atom. The highest BCUT2D eigenvalue weighted by atomic mass is 79.9. The van der Waals surface area contributed by atoms with Crippen molar-refractivity contribution < 1.29 is 9.47 Å². The Morgan fingerprint density at radius 2 is 1.49 bits per heavy atom. The van der Waals surface area contributed by atoms with Crippen LogP contribution in [0.1, 0.15) is 16.7 Å². The summed E-state index contributed by atoms with van der Waals surface area (Å²) in [5, 5.41) is 4.88. The lowest BCUT2D eigenvalue weighted by Gasteiger charge is -2.25. The molecule has 9 heteroatoms. The van der Waals surface area contributed by atoms with Crippen LogP contribution in [-0.2, 0) is 13.1 Å². The van der Waals surface area contributed by atoms with Gasteiger partial charge in [0, 0.05) is 29.4 Å². The fourth-order valence-electron chi connectivity index (χ4n) is 4.25. The van der Waals surface area contributed by atoms with E-state index in [9.17, 15) is 0 Å². The summed E-state index contributed by atoms with van der Waals surface area (Å²) in [6.07, 6.45) is 3.46. The third-order valence-electron chi connectivity index (χ3n) is 6.34. The second-order valence-corrected chi connectivity index (χ2v) is 10.2. The van der Waals surface area contributed by atoms with Crippen LogP contribution < -0.4 is 20.1 Å². The maximum absolute atomic E-state index is 6.61. The molecule has 198 valence electrons. The highest BCUT2D eigenvalue weighted by Gasteiger charge is 2.13. The molecule has 0 spiro atoms. The Hall–Kier alpha value is -4.01. The minimum atomic E-state index is 0.299. The molecule has 0 aliphatic rings. The van der Waals surface area contributed by atoms with E-state index in [0.717, 1.165) is 46.0 Å². The molecule has 0 bridgehead atoms. The smallest absolute Gasteiger partial charge is 0.134 e. The molecular formula is C30H27BrClN5O2. The molecule has 5 aromatic rings. The van der Waals surface area contributed by atoms with E-state index >= 15 is 0 Å². The fourth-order valence-corrected chi connectivity index (χ4v) is 4.95. The predicted molar refractivity (Wildman–Crippen MR) is 161 cm³/mol. The van der Waals surface area contributed by atoms with E-state index in [1.54, 1.807) is 24.9 Å². The molecule has 2 aromatic heterocycles. The zero-order valence-electron chi connectivity index (χ0n) is 21.5. The van der Waals surface area contributed by atoms with Crippen molar-refractivity contribution in [2.45, 2.75) is 13.1 Å². The zero-order chi connectivity index (χ0) is 27.4. The molecule has 39 heavy (non-hydrogen) atoms. The van der Waals surface area contributed by atoms with Crippen molar-refractivity contribution in [1.29, 1.82) is 0 Å². The number of fused-ring (bicyclic) bond motifs is 1. The molecule has 0 aliphatic heterocycles. The molecule has 2 N–H and O–H groups in total. The molecule has 0 atom stereocenters. The van der Waals surface area contributed by atoms with E-state index in [4.69, 9.17) is 26.8 Å². The van der Waals surface area contributed by atoms with E-state index in [-0.39, 0.29) is 0 Å². The number of aliphatic imine (C=N–C) groups is 1. The first-order chi connectivity index (χ1) is 18.9. The summed E-state index contributed by atoms with van der Waals surface area (Å²) in [4.78, 5) is 6.92. The molecule has 0 saturated heterocycles. The van der Waals surface area contributed by atoms with Crippen molar-refractivity contribution in [2.75, 3.05) is 19.1 Å². The average molecular weight is 605 g/mol. The minimum absolute atomic E-state index is 0.299. The van der Waals surface area contributed by atoms with E-state index in [1.807, 2.05) is 60.8 Å². The van der Waals surface area contributed by atoms with Crippen LogP contribution in [0.5, 0.6) is 11.5 Å². The largest absolute Gasteiger partial charge is 0.497 e. The number of ether oxygens (including phenoxy) is 2. The maximum atomic E-state index is 6.61. The van der Waals surface area contributed by atoms with Gasteiger partial charge in [-0.1, -0.05) is 35.9 Å². The first-order valence-electron chi connectivity index (χ1n) is 12.2. The molecule has 0 radical (unpaired) electrons. The quantitative estimate of drug-likeness (QED) is 0.145. The van der Waals surface area contributed by atoms with E-state index < -0.39 is 0 Å². The van der Waals surface area contributed by atoms with Crippen LogP contribution in [0.25, 0.3) is 5.52 Å². The Labute approximate surface area is 240 Å². The molecule has 0 amide bonds. The van der Waals surface area contributed by atoms with Gasteiger partial charge in [0.15, 0.2) is 0 Å². The molecule has 5 rings (SSSR count). The normalized spacial score (nSPS) is 11.5. The van der Waals surface area contributed by atoms with Gasteiger partial charge in [0.05, 0.1) is 42.2 Å². The van der Waals surface area contributed by atoms with Crippen molar-refractivity contribution in [3.05, 3.63) is 117 Å². The number of aromatic nitrogens is 2. The van der Waals surface area contributed by atoms with Gasteiger partial charge in [-0.2, -0.15) is 5.10 Å². The van der Waals surface area contributed by atoms with Gasteiger partial charge in [-0.05, 0) is 81.7 Å². The van der Waals surface area contributed by atoms with Crippen molar-refractivity contribution in [3.63, 3.8) is 0 Å². The number of halogens is 2. The van der Waals surface area contributed by atoms with E-state index in [1.165, 1.54) is 11.1 Å². The summed E-state index contributed by atoms with van der Waals surface area (Å²) in [6, 6.07) is 26.1. The topological polar surface area (TPSA) is 77.4 Å². The minimum Gasteiger partial charge on any atom is -0.497 e. The predicted octanol–water partition coefficient (Wildman–Crippen LogP) is 7.01. The number of methoxy groups -OCH3 is 2. The molecule has 0 aliphatic carbocycles. The first kappa shape index (κ1) is 26.6. The number of benzene rings is 3. The summed E-state index contributed by atoms with van der Waals surface area (Å²) in [7, 11) is 3.34. The Bertz CT molecular complexity index is 1550. The lowest BCUT2D eigenvalue weighted by Crippen LogP contribution is -2.22. The second kappa shape index (κ2) is 11.8. The van der Waals surface area contributed by atoms with Crippen LogP contribution in [0.2, 0.25) is 5.02 Å². The van der Waals surface area contributed by atoms with Crippen LogP contribution in [0, 0.1) is 0 Å². The monoisotopic (exact) mass is 603 g/mol. The molecule has 0 fully saturated rings. The van der Waals surface area contributed by atoms with Crippen LogP contribution in [0.15, 0.2) is 101 Å². The van der Waals surface area contributed by atoms with Crippen LogP contribution in [0.4, 0.5) is 11.4 Å². The highest BCUT2D eigenvalue weighted by Crippen LogP contribution is 2.28. The third kappa shape index (κ3) is 6.19. The standard InChI is InChI=1S/C30H27BrClN5O2/c1-38-25-11-3-20(4-12-25)17-36(18-21-5-13-26(39-2)14-6-21)24-9-7-23(8-10-24)35-30(33)27-16-34-37-19-22(31)15-28(37)29(27)32/h3-16,19H,17-18H2,1-2H3,(H2,33,35). The van der Waals surface area contributed by atoms with Gasteiger partial charge >= 0.3 is 0 Å². The van der Waals surface area contributed by atoms with Gasteiger partial charge in [0.2, 0.25) is 0 Å². The fraction of sp³-hybridized carbons (Fsp3) is 0.133. The van der Waals surface area contributed by atoms with Gasteiger partial charge in [-0.15, -0.1) is 0 Å². The number of hydrogen-bond donors (Lipinski definition) is 1. The van der Waals surface area contributed by atoms with Crippen molar-refractivity contribution >= 4 is 50.3 Å². The Morgan fingerprint density at radius 1 is 0.923 bits per heavy atom. The highest BCUT2D eigenvalue weighted by molar-refractivity contribution is 9.10. The summed E-state index contributed by atoms with van der Waals surface area (Å²) < 4.78 is 13.2. The van der Waals surface area contributed by atoms with Gasteiger partial charge in [-0.25, -0.2) is 9.51 Å². The van der Waals surface area contributed by atoms with Crippen molar-refractivity contribution in [1.82, 2.24) is 9.61 Å². The van der Waals surface area contributed by atoms with Crippen LogP contribution in [-0.4, -0.2) is 29.7 Å². The van der Waals surface area contributed by atoms with Gasteiger partial charge in [0.25, 0.3) is 0 Å². The molecule has 7 nitrogen and oxygen atoms in total. The number of rotatable bonds is 9. The van der Waals surface area contributed by atoms with Gasteiger partial charge in [-0.3, -0.25) is 0 Å². The SMILES string of the molecule is COc1ccc(CN(Cc2ccc(OC)cc2)c2ccc(N=C(N)c3cnn4cc(Br)cc4c3Cl)cc2)cc1. The van der Waals surface area contributed by atoms with Crippen LogP contribution >= 0.6 is 27.5 Å². The van der Waals surface area contributed by atoms with E-state index in [0.29, 0.717) is 16.4 Å². The summed E-state index contributed by atoms with van der Waals surface area (Å²) in [6.45, 7) is 1.43. The molecular weight excluding hydrogens is 578 g/mol. The van der Waals surface area contributed by atoms with Gasteiger partial charge in [0.1, 0.15) is 17.3 Å². The number of nitrogens with two attached hydrogens (primary N) is 1. The average Bonchev–Trinajstić information content (AvgIpc) is 3.35. The Balaban J connectivity index is 1.40. The lowest BCUT2D eigenvalue weighted by molar-refractivity contribution is 0.414. The van der Waals surface area contributed by atoms with Crippen molar-refractivity contribution in [2.24, 2.45) is 10.7 Å². The second-order valence-electron chi connectivity index (χ2n) is 8.93. The Kier molecular flexibility index (Phi) is 8.05. The molecule has 0 unspecified atom stereocenters. The van der Waals surface area contributed by atoms with Crippen LogP contribution in [0.3, 0.4) is 0 Å². The lowest BCUT2D eigenvalue weighted by atomic mass is 10.1. The number of anilines is 1. The first-order valence-corrected chi connectivity index (χ1v) is 13.4. The van der Waals surface area contributed by atoms with Crippen molar-refractivity contribution in [3.8, 4) is 11.5 Å². The molecule has 0 saturated carbocycles. The maximum Gasteiger partial charge on any atom is 0.134 e. The zero-order valence-corrected chi connectivity index (χ0v) is 23.9. The third-order valence-corrected chi connectivity index (χ3v) is 7.18. The summed E-state index contributed by atoms with van der Waals surface area (Å²) in [5.41, 5.74) is 11.8. The number of nitrogens with zero attached hydrogens (tertiary/aromatic N) is 4. The summed E-state index contributed by atoms with van der Waals surface area (Å²) >= 11 is 10.1. The molecule has 3 aromatic carbocycles. The number of hydrogen-bond acceptors (Lipinski definition) is 5. The van der Waals surface area contributed by atoms with Gasteiger partial charge < -0.3 is 20.1 Å². The van der Waals surface area contributed by atoms with E-state index in [2.05, 4.69) is 55.2 Å². The number of amidine groups is 1. The molecule has 2 heterocycles. The summed E-state index contributed by atoms with van der Waals surface area (Å²) in [5.74, 6) is 1.96.